The summed E-state index contributed by atoms with van der Waals surface area (Å²) in [6.45, 7) is 3.27. The van der Waals surface area contributed by atoms with E-state index in [2.05, 4.69) is 9.47 Å². The number of hydrogen-bond acceptors (Lipinski definition) is 8. The Labute approximate surface area is 144 Å². The zero-order valence-corrected chi connectivity index (χ0v) is 15.4. The molecule has 0 saturated heterocycles. The lowest BCUT2D eigenvalue weighted by atomic mass is 10.2. The maximum absolute atomic E-state index is 12.4. The van der Waals surface area contributed by atoms with Gasteiger partial charge in [-0.15, -0.1) is 11.3 Å². The SMILES string of the molecule is CCCCC(=O)NS(=O)(=O)c1sc(C(=O)OC)c(C)c1C(=O)OC. The van der Waals surface area contributed by atoms with Gasteiger partial charge in [-0.3, -0.25) is 4.79 Å². The van der Waals surface area contributed by atoms with Crippen LogP contribution < -0.4 is 4.72 Å². The fourth-order valence-electron chi connectivity index (χ4n) is 1.89. The molecule has 0 saturated carbocycles. The Kier molecular flexibility index (Phi) is 6.91. The second-order valence-electron chi connectivity index (χ2n) is 4.83. The maximum atomic E-state index is 12.4. The van der Waals surface area contributed by atoms with Crippen molar-refractivity contribution in [2.24, 2.45) is 0 Å². The number of methoxy groups -OCH3 is 2. The van der Waals surface area contributed by atoms with Crippen LogP contribution in [0, 0.1) is 6.92 Å². The molecular weight excluding hydrogens is 358 g/mol. The lowest BCUT2D eigenvalue weighted by Gasteiger charge is -2.07. The van der Waals surface area contributed by atoms with Gasteiger partial charge in [0.15, 0.2) is 4.21 Å². The number of unbranched alkanes of at least 4 members (excludes halogenated alkanes) is 1. The van der Waals surface area contributed by atoms with Gasteiger partial charge in [0.2, 0.25) is 5.91 Å². The molecule has 0 atom stereocenters. The van der Waals surface area contributed by atoms with E-state index in [-0.39, 0.29) is 22.4 Å². The van der Waals surface area contributed by atoms with Gasteiger partial charge in [0, 0.05) is 6.42 Å². The predicted octanol–water partition coefficient (Wildman–Crippen LogP) is 1.62. The van der Waals surface area contributed by atoms with Crippen LogP contribution in [0.5, 0.6) is 0 Å². The van der Waals surface area contributed by atoms with Gasteiger partial charge in [-0.05, 0) is 18.9 Å². The number of carbonyl (C=O) groups is 3. The Bertz CT molecular complexity index is 749. The molecule has 134 valence electrons. The van der Waals surface area contributed by atoms with Crippen LogP contribution in [-0.2, 0) is 24.3 Å². The summed E-state index contributed by atoms with van der Waals surface area (Å²) in [5.41, 5.74) is -0.154. The summed E-state index contributed by atoms with van der Waals surface area (Å²) in [5, 5.41) is 0. The number of hydrogen-bond donors (Lipinski definition) is 1. The number of amides is 1. The molecule has 0 radical (unpaired) electrons. The van der Waals surface area contributed by atoms with Gasteiger partial charge in [0.1, 0.15) is 4.88 Å². The molecule has 1 aromatic heterocycles. The van der Waals surface area contributed by atoms with Crippen LogP contribution in [0.15, 0.2) is 4.21 Å². The smallest absolute Gasteiger partial charge is 0.348 e. The summed E-state index contributed by atoms with van der Waals surface area (Å²) in [4.78, 5) is 35.4. The quantitative estimate of drug-likeness (QED) is 0.718. The molecule has 0 fully saturated rings. The first-order valence-corrected chi connectivity index (χ1v) is 9.35. The predicted molar refractivity (Wildman–Crippen MR) is 86.6 cm³/mol. The summed E-state index contributed by atoms with van der Waals surface area (Å²) in [5.74, 6) is -2.37. The van der Waals surface area contributed by atoms with Gasteiger partial charge in [-0.25, -0.2) is 22.7 Å². The lowest BCUT2D eigenvalue weighted by Crippen LogP contribution is -2.30. The minimum absolute atomic E-state index is 0.0392. The molecule has 0 unspecified atom stereocenters. The second kappa shape index (κ2) is 8.25. The Morgan fingerprint density at radius 3 is 2.21 bits per heavy atom. The number of esters is 2. The number of sulfonamides is 1. The lowest BCUT2D eigenvalue weighted by molar-refractivity contribution is -0.119. The highest BCUT2D eigenvalue weighted by atomic mass is 32.2. The Hall–Kier alpha value is -1.94. The van der Waals surface area contributed by atoms with Gasteiger partial charge in [0.25, 0.3) is 10.0 Å². The molecule has 0 aliphatic rings. The molecule has 24 heavy (non-hydrogen) atoms. The van der Waals surface area contributed by atoms with Crippen molar-refractivity contribution in [3.05, 3.63) is 16.0 Å². The highest BCUT2D eigenvalue weighted by Crippen LogP contribution is 2.33. The van der Waals surface area contributed by atoms with Gasteiger partial charge < -0.3 is 9.47 Å². The minimum atomic E-state index is -4.31. The molecule has 8 nitrogen and oxygen atoms in total. The van der Waals surface area contributed by atoms with Crippen molar-refractivity contribution in [3.63, 3.8) is 0 Å². The molecule has 1 heterocycles. The number of nitrogens with one attached hydrogen (secondary N) is 1. The first kappa shape index (κ1) is 20.1. The summed E-state index contributed by atoms with van der Waals surface area (Å²) in [6, 6.07) is 0. The van der Waals surface area contributed by atoms with E-state index in [0.717, 1.165) is 20.6 Å². The molecule has 0 aliphatic carbocycles. The number of ether oxygens (including phenoxy) is 2. The first-order valence-electron chi connectivity index (χ1n) is 7.05. The zero-order valence-electron chi connectivity index (χ0n) is 13.8. The fraction of sp³-hybridized carbons (Fsp3) is 0.500. The monoisotopic (exact) mass is 377 g/mol. The molecule has 1 rings (SSSR count). The summed E-state index contributed by atoms with van der Waals surface area (Å²) in [7, 11) is -2.08. The topological polar surface area (TPSA) is 116 Å². The Morgan fingerprint density at radius 1 is 1.12 bits per heavy atom. The van der Waals surface area contributed by atoms with E-state index in [0.29, 0.717) is 17.8 Å². The van der Waals surface area contributed by atoms with Crippen LogP contribution >= 0.6 is 11.3 Å². The molecule has 0 spiro atoms. The van der Waals surface area contributed by atoms with Gasteiger partial charge in [-0.1, -0.05) is 13.3 Å². The molecule has 0 aliphatic heterocycles. The van der Waals surface area contributed by atoms with E-state index in [1.807, 2.05) is 11.6 Å². The molecule has 10 heteroatoms. The van der Waals surface area contributed by atoms with Crippen molar-refractivity contribution in [3.8, 4) is 0 Å². The van der Waals surface area contributed by atoms with E-state index in [1.54, 1.807) is 0 Å². The third kappa shape index (κ3) is 4.32. The summed E-state index contributed by atoms with van der Waals surface area (Å²) in [6.07, 6.45) is 1.30. The average molecular weight is 377 g/mol. The second-order valence-corrected chi connectivity index (χ2v) is 7.73. The molecule has 0 bridgehead atoms. The van der Waals surface area contributed by atoms with Crippen LogP contribution in [-0.4, -0.2) is 40.5 Å². The summed E-state index contributed by atoms with van der Waals surface area (Å²) >= 11 is 0.557. The standard InChI is InChI=1S/C14H19NO7S2/c1-5-6-7-9(16)15-24(19,20)14-10(12(17)21-3)8(2)11(23-14)13(18)22-4/h5-7H2,1-4H3,(H,15,16). The minimum Gasteiger partial charge on any atom is -0.465 e. The van der Waals surface area contributed by atoms with Crippen molar-refractivity contribution in [1.29, 1.82) is 0 Å². The van der Waals surface area contributed by atoms with Crippen molar-refractivity contribution in [1.82, 2.24) is 4.72 Å². The van der Waals surface area contributed by atoms with E-state index in [1.165, 1.54) is 6.92 Å². The normalized spacial score (nSPS) is 11.0. The highest BCUT2D eigenvalue weighted by molar-refractivity contribution is 7.92. The van der Waals surface area contributed by atoms with Gasteiger partial charge in [0.05, 0.1) is 19.8 Å². The molecule has 0 aromatic carbocycles. The first-order chi connectivity index (χ1) is 11.2. The summed E-state index contributed by atoms with van der Waals surface area (Å²) < 4.78 is 35.5. The van der Waals surface area contributed by atoms with Crippen LogP contribution in [0.2, 0.25) is 0 Å². The van der Waals surface area contributed by atoms with E-state index in [4.69, 9.17) is 0 Å². The largest absolute Gasteiger partial charge is 0.465 e. The molecule has 1 amide bonds. The van der Waals surface area contributed by atoms with Crippen LogP contribution in [0.3, 0.4) is 0 Å². The van der Waals surface area contributed by atoms with Crippen molar-refractivity contribution < 1.29 is 32.3 Å². The van der Waals surface area contributed by atoms with Gasteiger partial charge in [-0.2, -0.15) is 0 Å². The molecule has 1 aromatic rings. The number of thiophene rings is 1. The maximum Gasteiger partial charge on any atom is 0.348 e. The average Bonchev–Trinajstić information content (AvgIpc) is 2.89. The van der Waals surface area contributed by atoms with Crippen molar-refractivity contribution in [2.45, 2.75) is 37.3 Å². The highest BCUT2D eigenvalue weighted by Gasteiger charge is 2.33. The third-order valence-corrected chi connectivity index (χ3v) is 6.29. The van der Waals surface area contributed by atoms with Crippen LogP contribution in [0.25, 0.3) is 0 Å². The van der Waals surface area contributed by atoms with Crippen molar-refractivity contribution >= 4 is 39.2 Å². The Morgan fingerprint density at radius 2 is 1.71 bits per heavy atom. The van der Waals surface area contributed by atoms with Crippen LogP contribution in [0.1, 0.15) is 51.8 Å². The van der Waals surface area contributed by atoms with E-state index < -0.39 is 32.1 Å². The van der Waals surface area contributed by atoms with Crippen molar-refractivity contribution in [2.75, 3.05) is 14.2 Å². The van der Waals surface area contributed by atoms with Gasteiger partial charge >= 0.3 is 11.9 Å². The number of rotatable bonds is 7. The van der Waals surface area contributed by atoms with E-state index in [9.17, 15) is 22.8 Å². The zero-order chi connectivity index (χ0) is 18.5. The molecule has 1 N–H and O–H groups in total. The number of carbonyl (C=O) groups excluding carboxylic acids is 3. The van der Waals surface area contributed by atoms with Crippen LogP contribution in [0.4, 0.5) is 0 Å². The van der Waals surface area contributed by atoms with E-state index >= 15 is 0 Å². The molecular formula is C14H19NO7S2. The third-order valence-electron chi connectivity index (χ3n) is 3.12. The fourth-order valence-corrected chi connectivity index (χ4v) is 4.65. The Balaban J connectivity index is 3.37.